The lowest BCUT2D eigenvalue weighted by Gasteiger charge is -2.20. The largest absolute Gasteiger partial charge is 0.367 e. The van der Waals surface area contributed by atoms with Crippen LogP contribution in [0.1, 0.15) is 11.9 Å². The molecule has 1 atom stereocenters. The molecule has 100 valence electrons. The van der Waals surface area contributed by atoms with E-state index in [9.17, 15) is 0 Å². The Kier molecular flexibility index (Phi) is 3.70. The van der Waals surface area contributed by atoms with Gasteiger partial charge in [-0.1, -0.05) is 28.4 Å². The minimum absolute atomic E-state index is 0.183. The average molecular weight is 300 g/mol. The molecule has 1 fully saturated rings. The van der Waals surface area contributed by atoms with Gasteiger partial charge in [-0.3, -0.25) is 0 Å². The summed E-state index contributed by atoms with van der Waals surface area (Å²) in [6.45, 7) is 2.15. The van der Waals surface area contributed by atoms with Gasteiger partial charge in [0.15, 0.2) is 0 Å². The third kappa shape index (κ3) is 2.74. The Labute approximate surface area is 119 Å². The summed E-state index contributed by atoms with van der Waals surface area (Å²) in [5, 5.41) is 8.19. The van der Waals surface area contributed by atoms with Crippen LogP contribution < -0.4 is 5.32 Å². The molecule has 2 aromatic rings. The summed E-state index contributed by atoms with van der Waals surface area (Å²) in [6.07, 6.45) is -0.183. The zero-order valence-corrected chi connectivity index (χ0v) is 11.4. The van der Waals surface area contributed by atoms with Crippen molar-refractivity contribution in [2.24, 2.45) is 0 Å². The molecule has 0 spiro atoms. The van der Waals surface area contributed by atoms with Crippen molar-refractivity contribution in [1.29, 1.82) is 0 Å². The second kappa shape index (κ2) is 5.46. The van der Waals surface area contributed by atoms with Gasteiger partial charge < -0.3 is 14.6 Å². The Morgan fingerprint density at radius 2 is 2.21 bits per heavy atom. The van der Waals surface area contributed by atoms with E-state index in [0.29, 0.717) is 40.5 Å². The Hall–Kier alpha value is -1.14. The summed E-state index contributed by atoms with van der Waals surface area (Å²) >= 11 is 12.0. The number of rotatable bonds is 2. The van der Waals surface area contributed by atoms with Crippen LogP contribution in [0.15, 0.2) is 22.7 Å². The summed E-state index contributed by atoms with van der Waals surface area (Å²) in [6, 6.07) is 5.12. The molecule has 0 aliphatic carbocycles. The van der Waals surface area contributed by atoms with Gasteiger partial charge >= 0.3 is 0 Å². The molecule has 0 amide bonds. The maximum atomic E-state index is 6.10. The molecule has 0 saturated carbocycles. The van der Waals surface area contributed by atoms with Crippen LogP contribution in [0, 0.1) is 0 Å². The van der Waals surface area contributed by atoms with E-state index in [1.54, 1.807) is 18.2 Å². The van der Waals surface area contributed by atoms with Crippen molar-refractivity contribution in [3.05, 3.63) is 34.1 Å². The van der Waals surface area contributed by atoms with E-state index in [0.717, 1.165) is 6.54 Å². The Morgan fingerprint density at radius 3 is 2.95 bits per heavy atom. The predicted octanol–water partition coefficient (Wildman–Crippen LogP) is 2.70. The minimum atomic E-state index is -0.183. The third-order valence-corrected chi connectivity index (χ3v) is 3.37. The summed E-state index contributed by atoms with van der Waals surface area (Å²) < 4.78 is 10.8. The normalized spacial score (nSPS) is 19.6. The molecule has 3 rings (SSSR count). The zero-order chi connectivity index (χ0) is 13.2. The van der Waals surface area contributed by atoms with E-state index >= 15 is 0 Å². The van der Waals surface area contributed by atoms with E-state index < -0.39 is 0 Å². The summed E-state index contributed by atoms with van der Waals surface area (Å²) in [5.74, 6) is 0.888. The van der Waals surface area contributed by atoms with Gasteiger partial charge in [0.05, 0.1) is 17.2 Å². The Bertz CT molecular complexity index is 582. The van der Waals surface area contributed by atoms with Crippen molar-refractivity contribution >= 4 is 23.2 Å². The van der Waals surface area contributed by atoms with Crippen LogP contribution in [0.4, 0.5) is 0 Å². The monoisotopic (exact) mass is 299 g/mol. The maximum Gasteiger partial charge on any atom is 0.259 e. The highest BCUT2D eigenvalue weighted by Gasteiger charge is 2.22. The molecular formula is C12H11Cl2N3O2. The van der Waals surface area contributed by atoms with Gasteiger partial charge in [-0.05, 0) is 18.2 Å². The number of ether oxygens (including phenoxy) is 1. The minimum Gasteiger partial charge on any atom is -0.367 e. The first-order chi connectivity index (χ1) is 9.24. The molecule has 1 aromatic carbocycles. The highest BCUT2D eigenvalue weighted by molar-refractivity contribution is 6.36. The fourth-order valence-electron chi connectivity index (χ4n) is 1.87. The molecule has 5 nitrogen and oxygen atoms in total. The van der Waals surface area contributed by atoms with Gasteiger partial charge in [-0.15, -0.1) is 0 Å². The van der Waals surface area contributed by atoms with Crippen molar-refractivity contribution in [3.8, 4) is 11.5 Å². The van der Waals surface area contributed by atoms with Crippen LogP contribution in [0.25, 0.3) is 11.5 Å². The molecule has 1 saturated heterocycles. The molecule has 0 radical (unpaired) electrons. The number of nitrogens with zero attached hydrogens (tertiary/aromatic N) is 2. The Balaban J connectivity index is 1.87. The third-order valence-electron chi connectivity index (χ3n) is 2.82. The fraction of sp³-hybridized carbons (Fsp3) is 0.333. The van der Waals surface area contributed by atoms with Crippen LogP contribution in [0.3, 0.4) is 0 Å². The standard InChI is InChI=1S/C12H11Cl2N3O2/c13-7-1-2-8(9(14)5-7)12-16-11(17-19-12)10-6-15-3-4-18-10/h1-2,5,10,15H,3-4,6H2. The molecular weight excluding hydrogens is 289 g/mol. The highest BCUT2D eigenvalue weighted by atomic mass is 35.5. The molecule has 2 heterocycles. The predicted molar refractivity (Wildman–Crippen MR) is 71.3 cm³/mol. The number of hydrogen-bond acceptors (Lipinski definition) is 5. The van der Waals surface area contributed by atoms with Crippen LogP contribution in [-0.2, 0) is 4.74 Å². The van der Waals surface area contributed by atoms with Gasteiger partial charge in [-0.25, -0.2) is 0 Å². The Morgan fingerprint density at radius 1 is 1.32 bits per heavy atom. The number of benzene rings is 1. The van der Waals surface area contributed by atoms with Crippen molar-refractivity contribution < 1.29 is 9.26 Å². The molecule has 1 aliphatic rings. The number of morpholine rings is 1. The first-order valence-electron chi connectivity index (χ1n) is 5.85. The van der Waals surface area contributed by atoms with Crippen molar-refractivity contribution in [2.75, 3.05) is 19.7 Å². The van der Waals surface area contributed by atoms with Gasteiger partial charge in [0.1, 0.15) is 6.10 Å². The molecule has 1 aromatic heterocycles. The van der Waals surface area contributed by atoms with Gasteiger partial charge in [0.25, 0.3) is 5.89 Å². The second-order valence-electron chi connectivity index (χ2n) is 4.15. The molecule has 0 bridgehead atoms. The number of nitrogens with one attached hydrogen (secondary N) is 1. The average Bonchev–Trinajstić information content (AvgIpc) is 2.89. The lowest BCUT2D eigenvalue weighted by Crippen LogP contribution is -2.33. The molecule has 7 heteroatoms. The van der Waals surface area contributed by atoms with E-state index in [2.05, 4.69) is 15.5 Å². The van der Waals surface area contributed by atoms with Crippen molar-refractivity contribution in [1.82, 2.24) is 15.5 Å². The quantitative estimate of drug-likeness (QED) is 0.924. The summed E-state index contributed by atoms with van der Waals surface area (Å²) in [5.41, 5.74) is 0.661. The van der Waals surface area contributed by atoms with Crippen LogP contribution in [0.5, 0.6) is 0 Å². The molecule has 19 heavy (non-hydrogen) atoms. The second-order valence-corrected chi connectivity index (χ2v) is 4.99. The van der Waals surface area contributed by atoms with E-state index in [1.165, 1.54) is 0 Å². The van der Waals surface area contributed by atoms with Gasteiger partial charge in [0.2, 0.25) is 5.82 Å². The van der Waals surface area contributed by atoms with Crippen LogP contribution in [0.2, 0.25) is 10.0 Å². The first-order valence-corrected chi connectivity index (χ1v) is 6.61. The van der Waals surface area contributed by atoms with Crippen molar-refractivity contribution in [2.45, 2.75) is 6.10 Å². The smallest absolute Gasteiger partial charge is 0.259 e. The summed E-state index contributed by atoms with van der Waals surface area (Å²) in [4.78, 5) is 4.32. The molecule has 1 unspecified atom stereocenters. The van der Waals surface area contributed by atoms with E-state index in [1.807, 2.05) is 0 Å². The van der Waals surface area contributed by atoms with E-state index in [-0.39, 0.29) is 6.10 Å². The van der Waals surface area contributed by atoms with Crippen molar-refractivity contribution in [3.63, 3.8) is 0 Å². The lowest BCUT2D eigenvalue weighted by atomic mass is 10.2. The molecule has 1 N–H and O–H groups in total. The van der Waals surface area contributed by atoms with Gasteiger partial charge in [0, 0.05) is 18.1 Å². The summed E-state index contributed by atoms with van der Waals surface area (Å²) in [7, 11) is 0. The zero-order valence-electron chi connectivity index (χ0n) is 9.90. The van der Waals surface area contributed by atoms with Gasteiger partial charge in [-0.2, -0.15) is 4.98 Å². The lowest BCUT2D eigenvalue weighted by molar-refractivity contribution is 0.0208. The fourth-order valence-corrected chi connectivity index (χ4v) is 2.36. The SMILES string of the molecule is Clc1ccc(-c2nc(C3CNCCO3)no2)c(Cl)c1. The molecule has 1 aliphatic heterocycles. The van der Waals surface area contributed by atoms with Crippen LogP contribution >= 0.6 is 23.2 Å². The van der Waals surface area contributed by atoms with E-state index in [4.69, 9.17) is 32.5 Å². The number of halogens is 2. The number of hydrogen-bond donors (Lipinski definition) is 1. The first kappa shape index (κ1) is 12.9. The topological polar surface area (TPSA) is 60.2 Å². The number of aromatic nitrogens is 2. The van der Waals surface area contributed by atoms with Crippen LogP contribution in [-0.4, -0.2) is 29.8 Å². The highest BCUT2D eigenvalue weighted by Crippen LogP contribution is 2.30. The maximum absolute atomic E-state index is 6.10.